The molecule has 1 amide bonds. The van der Waals surface area contributed by atoms with Gasteiger partial charge in [0.25, 0.3) is 0 Å². The van der Waals surface area contributed by atoms with Crippen molar-refractivity contribution in [1.29, 1.82) is 0 Å². The Morgan fingerprint density at radius 3 is 2.61 bits per heavy atom. The maximum Gasteiger partial charge on any atom is 0.223 e. The Balaban J connectivity index is 1.18. The van der Waals surface area contributed by atoms with Crippen LogP contribution in [0.5, 0.6) is 0 Å². The zero-order valence-corrected chi connectivity index (χ0v) is 18.8. The molecule has 1 atom stereocenters. The molecular weight excluding hydrogens is 411 g/mol. The van der Waals surface area contributed by atoms with Crippen LogP contribution in [0, 0.1) is 11.7 Å². The molecule has 1 aromatic heterocycles. The Labute approximate surface area is 188 Å². The number of pyridine rings is 1. The van der Waals surface area contributed by atoms with Gasteiger partial charge in [0.1, 0.15) is 11.6 Å². The summed E-state index contributed by atoms with van der Waals surface area (Å²) < 4.78 is 13.0. The quantitative estimate of drug-likeness (QED) is 0.611. The van der Waals surface area contributed by atoms with Gasteiger partial charge in [-0.1, -0.05) is 6.07 Å². The first-order chi connectivity index (χ1) is 15.2. The summed E-state index contributed by atoms with van der Waals surface area (Å²) in [6, 6.07) is 12.6. The maximum atomic E-state index is 13.0. The molecule has 0 aliphatic carbocycles. The molecule has 2 aliphatic heterocycles. The SMILES string of the molecule is O=C(CCSc1ccc(F)cc1)N1CCCC(CN2CCN(c3ccccn3)CC2)C1. The van der Waals surface area contributed by atoms with Crippen LogP contribution in [0.4, 0.5) is 10.2 Å². The highest BCUT2D eigenvalue weighted by atomic mass is 32.2. The van der Waals surface area contributed by atoms with Gasteiger partial charge in [-0.3, -0.25) is 9.69 Å². The summed E-state index contributed by atoms with van der Waals surface area (Å²) in [6.45, 7) is 6.94. The van der Waals surface area contributed by atoms with Crippen molar-refractivity contribution < 1.29 is 9.18 Å². The van der Waals surface area contributed by atoms with E-state index < -0.39 is 0 Å². The van der Waals surface area contributed by atoms with Crippen molar-refractivity contribution in [3.05, 3.63) is 54.5 Å². The van der Waals surface area contributed by atoms with E-state index >= 15 is 0 Å². The molecule has 5 nitrogen and oxygen atoms in total. The van der Waals surface area contributed by atoms with Gasteiger partial charge in [-0.15, -0.1) is 11.8 Å². The molecule has 1 aromatic carbocycles. The normalized spacial score (nSPS) is 20.1. The number of carbonyl (C=O) groups is 1. The van der Waals surface area contributed by atoms with Gasteiger partial charge in [-0.2, -0.15) is 0 Å². The predicted molar refractivity (Wildman–Crippen MR) is 124 cm³/mol. The van der Waals surface area contributed by atoms with Crippen LogP contribution in [-0.2, 0) is 4.79 Å². The highest BCUT2D eigenvalue weighted by Gasteiger charge is 2.26. The number of nitrogens with zero attached hydrogens (tertiary/aromatic N) is 4. The molecule has 2 saturated heterocycles. The first-order valence-electron chi connectivity index (χ1n) is 11.2. The van der Waals surface area contributed by atoms with E-state index in [1.54, 1.807) is 23.9 Å². The Bertz CT molecular complexity index is 827. The molecule has 3 heterocycles. The summed E-state index contributed by atoms with van der Waals surface area (Å²) in [7, 11) is 0. The average molecular weight is 443 g/mol. The summed E-state index contributed by atoms with van der Waals surface area (Å²) in [5, 5.41) is 0. The second-order valence-electron chi connectivity index (χ2n) is 8.38. The molecule has 1 unspecified atom stereocenters. The third-order valence-corrected chi connectivity index (χ3v) is 7.15. The number of carbonyl (C=O) groups excluding carboxylic acids is 1. The molecule has 0 N–H and O–H groups in total. The summed E-state index contributed by atoms with van der Waals surface area (Å²) in [4.78, 5) is 25.1. The van der Waals surface area contributed by atoms with Crippen molar-refractivity contribution in [3.63, 3.8) is 0 Å². The van der Waals surface area contributed by atoms with Crippen LogP contribution in [0.2, 0.25) is 0 Å². The van der Waals surface area contributed by atoms with Crippen LogP contribution in [0.1, 0.15) is 19.3 Å². The van der Waals surface area contributed by atoms with E-state index in [0.717, 1.165) is 68.7 Å². The first kappa shape index (κ1) is 22.1. The number of hydrogen-bond acceptors (Lipinski definition) is 5. The zero-order chi connectivity index (χ0) is 21.5. The highest BCUT2D eigenvalue weighted by molar-refractivity contribution is 7.99. The molecule has 31 heavy (non-hydrogen) atoms. The van der Waals surface area contributed by atoms with Crippen molar-refractivity contribution in [2.45, 2.75) is 24.2 Å². The second-order valence-corrected chi connectivity index (χ2v) is 9.54. The second kappa shape index (κ2) is 11.0. The highest BCUT2D eigenvalue weighted by Crippen LogP contribution is 2.22. The van der Waals surface area contributed by atoms with Gasteiger partial charge < -0.3 is 9.80 Å². The Morgan fingerprint density at radius 1 is 1.06 bits per heavy atom. The third kappa shape index (κ3) is 6.43. The van der Waals surface area contributed by atoms with E-state index in [9.17, 15) is 9.18 Å². The number of hydrogen-bond donors (Lipinski definition) is 0. The van der Waals surface area contributed by atoms with Crippen LogP contribution in [-0.4, -0.2) is 72.3 Å². The standard InChI is InChI=1S/C24H31FN4OS/c25-21-6-8-22(9-7-21)31-17-10-24(30)29-12-3-4-20(19-29)18-27-13-15-28(16-14-27)23-5-1-2-11-26-23/h1-2,5-9,11,20H,3-4,10,12-19H2. The maximum absolute atomic E-state index is 13.0. The van der Waals surface area contributed by atoms with Crippen molar-refractivity contribution in [1.82, 2.24) is 14.8 Å². The van der Waals surface area contributed by atoms with E-state index in [1.807, 2.05) is 18.3 Å². The molecule has 0 bridgehead atoms. The van der Waals surface area contributed by atoms with Crippen LogP contribution in [0.15, 0.2) is 53.6 Å². The Kier molecular flexibility index (Phi) is 7.81. The van der Waals surface area contributed by atoms with Crippen molar-refractivity contribution in [2.75, 3.05) is 56.5 Å². The molecule has 0 saturated carbocycles. The van der Waals surface area contributed by atoms with Gasteiger partial charge in [0.15, 0.2) is 0 Å². The Morgan fingerprint density at radius 2 is 1.87 bits per heavy atom. The van der Waals surface area contributed by atoms with E-state index in [2.05, 4.69) is 25.8 Å². The predicted octanol–water partition coefficient (Wildman–Crippen LogP) is 3.76. The first-order valence-corrected chi connectivity index (χ1v) is 12.2. The number of likely N-dealkylation sites (tertiary alicyclic amines) is 1. The fraction of sp³-hybridized carbons (Fsp3) is 0.500. The minimum atomic E-state index is -0.224. The number of anilines is 1. The molecule has 0 spiro atoms. The van der Waals surface area contributed by atoms with E-state index in [1.165, 1.54) is 18.6 Å². The van der Waals surface area contributed by atoms with Gasteiger partial charge in [-0.25, -0.2) is 9.37 Å². The number of thioether (sulfide) groups is 1. The van der Waals surface area contributed by atoms with E-state index in [0.29, 0.717) is 12.3 Å². The fourth-order valence-corrected chi connectivity index (χ4v) is 5.29. The number of benzene rings is 1. The number of piperidine rings is 1. The molecule has 2 aliphatic rings. The molecular formula is C24H31FN4OS. The molecule has 7 heteroatoms. The van der Waals surface area contributed by atoms with Crippen LogP contribution < -0.4 is 4.90 Å². The number of rotatable bonds is 7. The van der Waals surface area contributed by atoms with E-state index in [4.69, 9.17) is 0 Å². The Hall–Kier alpha value is -2.12. The average Bonchev–Trinajstić information content (AvgIpc) is 2.81. The lowest BCUT2D eigenvalue weighted by atomic mass is 9.97. The van der Waals surface area contributed by atoms with Crippen LogP contribution in [0.25, 0.3) is 0 Å². The molecule has 0 radical (unpaired) electrons. The van der Waals surface area contributed by atoms with Crippen molar-refractivity contribution in [3.8, 4) is 0 Å². The third-order valence-electron chi connectivity index (χ3n) is 6.13. The van der Waals surface area contributed by atoms with Gasteiger partial charge in [0.2, 0.25) is 5.91 Å². The summed E-state index contributed by atoms with van der Waals surface area (Å²) in [5.74, 6) is 2.39. The number of halogens is 1. The van der Waals surface area contributed by atoms with Crippen molar-refractivity contribution in [2.24, 2.45) is 5.92 Å². The lowest BCUT2D eigenvalue weighted by Gasteiger charge is -2.39. The van der Waals surface area contributed by atoms with Gasteiger partial charge in [0.05, 0.1) is 0 Å². The minimum absolute atomic E-state index is 0.224. The molecule has 2 fully saturated rings. The van der Waals surface area contributed by atoms with E-state index in [-0.39, 0.29) is 11.7 Å². The van der Waals surface area contributed by atoms with Gasteiger partial charge in [-0.05, 0) is 55.2 Å². The zero-order valence-electron chi connectivity index (χ0n) is 18.0. The fourth-order valence-electron chi connectivity index (χ4n) is 4.45. The molecule has 166 valence electrons. The number of amides is 1. The summed E-state index contributed by atoms with van der Waals surface area (Å²) >= 11 is 1.62. The lowest BCUT2D eigenvalue weighted by Crippen LogP contribution is -2.50. The van der Waals surface area contributed by atoms with Crippen LogP contribution in [0.3, 0.4) is 0 Å². The van der Waals surface area contributed by atoms with Gasteiger partial charge in [0, 0.05) is 69.1 Å². The number of aromatic nitrogens is 1. The molecule has 4 rings (SSSR count). The smallest absolute Gasteiger partial charge is 0.223 e. The minimum Gasteiger partial charge on any atom is -0.354 e. The monoisotopic (exact) mass is 442 g/mol. The summed E-state index contributed by atoms with van der Waals surface area (Å²) in [6.07, 6.45) is 4.69. The largest absolute Gasteiger partial charge is 0.354 e. The number of piperazine rings is 1. The van der Waals surface area contributed by atoms with Crippen molar-refractivity contribution >= 4 is 23.5 Å². The topological polar surface area (TPSA) is 39.7 Å². The van der Waals surface area contributed by atoms with Crippen LogP contribution >= 0.6 is 11.8 Å². The lowest BCUT2D eigenvalue weighted by molar-refractivity contribution is -0.132. The summed E-state index contributed by atoms with van der Waals surface area (Å²) in [5.41, 5.74) is 0. The molecule has 2 aromatic rings. The van der Waals surface area contributed by atoms with Gasteiger partial charge >= 0.3 is 0 Å².